The maximum absolute atomic E-state index is 11.0. The topological polar surface area (TPSA) is 84.2 Å². The predicted octanol–water partition coefficient (Wildman–Crippen LogP) is -1.02. The summed E-state index contributed by atoms with van der Waals surface area (Å²) in [6, 6.07) is 0.144. The SMILES string of the molecule is CC(C)NC(=O)CNCCC(N)=O. The summed E-state index contributed by atoms with van der Waals surface area (Å²) in [7, 11) is 0. The summed E-state index contributed by atoms with van der Waals surface area (Å²) in [5, 5.41) is 5.52. The van der Waals surface area contributed by atoms with Crippen LogP contribution in [0.3, 0.4) is 0 Å². The zero-order chi connectivity index (χ0) is 10.3. The minimum Gasteiger partial charge on any atom is -0.370 e. The van der Waals surface area contributed by atoms with E-state index in [1.165, 1.54) is 0 Å². The first kappa shape index (κ1) is 11.9. The van der Waals surface area contributed by atoms with E-state index in [1.54, 1.807) is 0 Å². The van der Waals surface area contributed by atoms with Crippen molar-refractivity contribution in [1.29, 1.82) is 0 Å². The third kappa shape index (κ3) is 8.81. The van der Waals surface area contributed by atoms with Crippen molar-refractivity contribution in [1.82, 2.24) is 10.6 Å². The molecule has 5 heteroatoms. The fourth-order valence-corrected chi connectivity index (χ4v) is 0.787. The minimum absolute atomic E-state index is 0.0699. The number of amides is 2. The van der Waals surface area contributed by atoms with Gasteiger partial charge in [-0.05, 0) is 13.8 Å². The molecule has 0 aliphatic carbocycles. The van der Waals surface area contributed by atoms with Crippen molar-refractivity contribution in [2.45, 2.75) is 26.3 Å². The van der Waals surface area contributed by atoms with Crippen molar-refractivity contribution >= 4 is 11.8 Å². The first-order valence-corrected chi connectivity index (χ1v) is 4.30. The van der Waals surface area contributed by atoms with Crippen molar-refractivity contribution in [2.24, 2.45) is 5.73 Å². The van der Waals surface area contributed by atoms with E-state index < -0.39 is 0 Å². The van der Waals surface area contributed by atoms with Crippen molar-refractivity contribution < 1.29 is 9.59 Å². The Kier molecular flexibility index (Phi) is 5.88. The number of nitrogens with two attached hydrogens (primary N) is 1. The lowest BCUT2D eigenvalue weighted by atomic mass is 10.3. The Balaban J connectivity index is 3.32. The smallest absolute Gasteiger partial charge is 0.234 e. The largest absolute Gasteiger partial charge is 0.370 e. The van der Waals surface area contributed by atoms with Gasteiger partial charge in [0, 0.05) is 19.0 Å². The second kappa shape index (κ2) is 6.42. The molecule has 0 unspecified atom stereocenters. The molecular formula is C8H17N3O2. The minimum atomic E-state index is -0.364. The molecule has 0 aliphatic heterocycles. The molecule has 5 nitrogen and oxygen atoms in total. The number of rotatable bonds is 6. The third-order valence-corrected chi connectivity index (χ3v) is 1.28. The highest BCUT2D eigenvalue weighted by Gasteiger charge is 2.01. The summed E-state index contributed by atoms with van der Waals surface area (Å²) in [6.07, 6.45) is 0.259. The molecule has 0 radical (unpaired) electrons. The highest BCUT2D eigenvalue weighted by Crippen LogP contribution is 1.76. The van der Waals surface area contributed by atoms with Gasteiger partial charge in [0.05, 0.1) is 6.54 Å². The van der Waals surface area contributed by atoms with Gasteiger partial charge in [0.2, 0.25) is 11.8 Å². The van der Waals surface area contributed by atoms with Crippen LogP contribution in [0.5, 0.6) is 0 Å². The lowest BCUT2D eigenvalue weighted by Gasteiger charge is -2.08. The van der Waals surface area contributed by atoms with Crippen LogP contribution in [0.2, 0.25) is 0 Å². The standard InChI is InChI=1S/C8H17N3O2/c1-6(2)11-8(13)5-10-4-3-7(9)12/h6,10H,3-5H2,1-2H3,(H2,9,12)(H,11,13). The van der Waals surface area contributed by atoms with Crippen LogP contribution in [0.4, 0.5) is 0 Å². The van der Waals surface area contributed by atoms with Crippen molar-refractivity contribution in [3.63, 3.8) is 0 Å². The van der Waals surface area contributed by atoms with E-state index in [-0.39, 0.29) is 30.8 Å². The summed E-state index contributed by atoms with van der Waals surface area (Å²) >= 11 is 0. The number of hydrogen-bond donors (Lipinski definition) is 3. The molecule has 0 atom stereocenters. The Bertz CT molecular complexity index is 180. The Morgan fingerprint density at radius 2 is 2.00 bits per heavy atom. The molecule has 0 rings (SSSR count). The van der Waals surface area contributed by atoms with Crippen LogP contribution in [0.15, 0.2) is 0 Å². The number of carbonyl (C=O) groups is 2. The second-order valence-electron chi connectivity index (χ2n) is 3.12. The predicted molar refractivity (Wildman–Crippen MR) is 50.0 cm³/mol. The van der Waals surface area contributed by atoms with Gasteiger partial charge in [-0.3, -0.25) is 9.59 Å². The molecule has 0 aromatic rings. The van der Waals surface area contributed by atoms with E-state index in [0.717, 1.165) is 0 Å². The van der Waals surface area contributed by atoms with Crippen LogP contribution in [-0.2, 0) is 9.59 Å². The zero-order valence-electron chi connectivity index (χ0n) is 8.09. The van der Waals surface area contributed by atoms with E-state index in [1.807, 2.05) is 13.8 Å². The highest BCUT2D eigenvalue weighted by atomic mass is 16.2. The lowest BCUT2D eigenvalue weighted by molar-refractivity contribution is -0.121. The Morgan fingerprint density at radius 3 is 2.46 bits per heavy atom. The van der Waals surface area contributed by atoms with E-state index in [0.29, 0.717) is 6.54 Å². The fraction of sp³-hybridized carbons (Fsp3) is 0.750. The van der Waals surface area contributed by atoms with Gasteiger partial charge >= 0.3 is 0 Å². The number of nitrogens with one attached hydrogen (secondary N) is 2. The van der Waals surface area contributed by atoms with Crippen LogP contribution in [0, 0.1) is 0 Å². The molecule has 13 heavy (non-hydrogen) atoms. The van der Waals surface area contributed by atoms with Crippen LogP contribution in [0.25, 0.3) is 0 Å². The average molecular weight is 187 g/mol. The Morgan fingerprint density at radius 1 is 1.38 bits per heavy atom. The van der Waals surface area contributed by atoms with Crippen LogP contribution >= 0.6 is 0 Å². The van der Waals surface area contributed by atoms with Gasteiger partial charge in [0.25, 0.3) is 0 Å². The summed E-state index contributed by atoms with van der Waals surface area (Å²) < 4.78 is 0. The molecule has 4 N–H and O–H groups in total. The molecule has 0 saturated carbocycles. The average Bonchev–Trinajstić information content (AvgIpc) is 1.96. The van der Waals surface area contributed by atoms with Crippen LogP contribution in [0.1, 0.15) is 20.3 Å². The highest BCUT2D eigenvalue weighted by molar-refractivity contribution is 5.78. The number of hydrogen-bond acceptors (Lipinski definition) is 3. The number of primary amides is 1. The van der Waals surface area contributed by atoms with Gasteiger partial charge < -0.3 is 16.4 Å². The van der Waals surface area contributed by atoms with Gasteiger partial charge in [-0.15, -0.1) is 0 Å². The Hall–Kier alpha value is -1.10. The fourth-order valence-electron chi connectivity index (χ4n) is 0.787. The molecule has 0 heterocycles. The van der Waals surface area contributed by atoms with Crippen LogP contribution < -0.4 is 16.4 Å². The van der Waals surface area contributed by atoms with Gasteiger partial charge in [0.1, 0.15) is 0 Å². The summed E-state index contributed by atoms with van der Waals surface area (Å²) in [5.41, 5.74) is 4.91. The third-order valence-electron chi connectivity index (χ3n) is 1.28. The molecule has 0 bridgehead atoms. The van der Waals surface area contributed by atoms with E-state index in [2.05, 4.69) is 10.6 Å². The molecule has 0 aromatic carbocycles. The molecule has 0 spiro atoms. The van der Waals surface area contributed by atoms with Gasteiger partial charge in [0.15, 0.2) is 0 Å². The summed E-state index contributed by atoms with van der Waals surface area (Å²) in [5.74, 6) is -0.434. The van der Waals surface area contributed by atoms with Crippen molar-refractivity contribution in [2.75, 3.05) is 13.1 Å². The zero-order valence-corrected chi connectivity index (χ0v) is 8.09. The second-order valence-corrected chi connectivity index (χ2v) is 3.12. The summed E-state index contributed by atoms with van der Waals surface area (Å²) in [6.45, 7) is 4.45. The van der Waals surface area contributed by atoms with E-state index in [4.69, 9.17) is 5.73 Å². The summed E-state index contributed by atoms with van der Waals surface area (Å²) in [4.78, 5) is 21.3. The molecule has 2 amide bonds. The maximum Gasteiger partial charge on any atom is 0.234 e. The van der Waals surface area contributed by atoms with Gasteiger partial charge in [-0.25, -0.2) is 0 Å². The van der Waals surface area contributed by atoms with Crippen molar-refractivity contribution in [3.05, 3.63) is 0 Å². The molecule has 0 aliphatic rings. The first-order chi connectivity index (χ1) is 6.02. The number of carbonyl (C=O) groups excluding carboxylic acids is 2. The Labute approximate surface area is 78.1 Å². The van der Waals surface area contributed by atoms with Crippen molar-refractivity contribution in [3.8, 4) is 0 Å². The molecule has 76 valence electrons. The maximum atomic E-state index is 11.0. The first-order valence-electron chi connectivity index (χ1n) is 4.30. The van der Waals surface area contributed by atoms with Gasteiger partial charge in [-0.2, -0.15) is 0 Å². The molecule has 0 fully saturated rings. The molecular weight excluding hydrogens is 170 g/mol. The van der Waals surface area contributed by atoms with E-state index in [9.17, 15) is 9.59 Å². The quantitative estimate of drug-likeness (QED) is 0.465. The van der Waals surface area contributed by atoms with Gasteiger partial charge in [-0.1, -0.05) is 0 Å². The van der Waals surface area contributed by atoms with E-state index >= 15 is 0 Å². The normalized spacial score (nSPS) is 10.1. The molecule has 0 aromatic heterocycles. The van der Waals surface area contributed by atoms with Crippen LogP contribution in [-0.4, -0.2) is 30.9 Å². The monoisotopic (exact) mass is 187 g/mol. The molecule has 0 saturated heterocycles. The lowest BCUT2D eigenvalue weighted by Crippen LogP contribution is -2.38.